The van der Waals surface area contributed by atoms with Gasteiger partial charge in [0.15, 0.2) is 5.76 Å². The minimum atomic E-state index is -0.723. The summed E-state index contributed by atoms with van der Waals surface area (Å²) in [4.78, 5) is 27.4. The van der Waals surface area contributed by atoms with Gasteiger partial charge in [0, 0.05) is 28.4 Å². The highest BCUT2D eigenvalue weighted by molar-refractivity contribution is 6.45. The first-order chi connectivity index (χ1) is 16.4. The SMILES string of the molecule is CCn1c2ccccc2c2cc(N3C(=O)C(O)=C(c4ccc(OCC(C)C)cc4)C3=O)ccc21. The zero-order valence-electron chi connectivity index (χ0n) is 19.4. The zero-order chi connectivity index (χ0) is 24.0. The Labute approximate surface area is 197 Å². The Morgan fingerprint density at radius 1 is 0.882 bits per heavy atom. The highest BCUT2D eigenvalue weighted by atomic mass is 16.5. The van der Waals surface area contributed by atoms with Gasteiger partial charge in [0.25, 0.3) is 5.91 Å². The van der Waals surface area contributed by atoms with Crippen molar-refractivity contribution >= 4 is 44.9 Å². The fourth-order valence-electron chi connectivity index (χ4n) is 4.52. The number of nitrogens with zero attached hydrogens (tertiary/aromatic N) is 2. The van der Waals surface area contributed by atoms with Gasteiger partial charge in [-0.15, -0.1) is 0 Å². The Morgan fingerprint density at radius 2 is 1.59 bits per heavy atom. The number of carbonyl (C=O) groups is 2. The number of fused-ring (bicyclic) bond motifs is 3. The van der Waals surface area contributed by atoms with Gasteiger partial charge in [-0.3, -0.25) is 9.59 Å². The summed E-state index contributed by atoms with van der Waals surface area (Å²) in [5.74, 6) is -0.755. The molecule has 0 spiro atoms. The number of amides is 2. The average Bonchev–Trinajstić information content (AvgIpc) is 3.28. The average molecular weight is 455 g/mol. The summed E-state index contributed by atoms with van der Waals surface area (Å²) in [7, 11) is 0. The molecule has 0 saturated heterocycles. The molecule has 4 aromatic rings. The number of carbonyl (C=O) groups excluding carboxylic acids is 2. The fraction of sp³-hybridized carbons (Fsp3) is 0.214. The molecule has 0 aliphatic carbocycles. The second kappa shape index (κ2) is 8.37. The van der Waals surface area contributed by atoms with E-state index in [2.05, 4.69) is 31.4 Å². The maximum absolute atomic E-state index is 13.3. The lowest BCUT2D eigenvalue weighted by molar-refractivity contribution is -0.121. The lowest BCUT2D eigenvalue weighted by Crippen LogP contribution is -2.31. The number of hydrogen-bond donors (Lipinski definition) is 1. The molecule has 0 unspecified atom stereocenters. The number of imide groups is 1. The second-order valence-electron chi connectivity index (χ2n) is 8.86. The molecule has 1 aliphatic rings. The highest BCUT2D eigenvalue weighted by Crippen LogP contribution is 2.36. The van der Waals surface area contributed by atoms with Crippen LogP contribution in [0.1, 0.15) is 26.3 Å². The predicted molar refractivity (Wildman–Crippen MR) is 134 cm³/mol. The van der Waals surface area contributed by atoms with Crippen molar-refractivity contribution in [3.63, 3.8) is 0 Å². The maximum atomic E-state index is 13.3. The molecule has 0 radical (unpaired) electrons. The van der Waals surface area contributed by atoms with E-state index in [-0.39, 0.29) is 5.57 Å². The molecule has 1 aromatic heterocycles. The van der Waals surface area contributed by atoms with E-state index in [4.69, 9.17) is 4.74 Å². The lowest BCUT2D eigenvalue weighted by Gasteiger charge is -2.15. The minimum absolute atomic E-state index is 0.00325. The largest absolute Gasteiger partial charge is 0.502 e. The highest BCUT2D eigenvalue weighted by Gasteiger charge is 2.40. The Hall–Kier alpha value is -4.06. The first-order valence-corrected chi connectivity index (χ1v) is 11.5. The lowest BCUT2D eigenvalue weighted by atomic mass is 10.1. The van der Waals surface area contributed by atoms with Crippen LogP contribution in [0.4, 0.5) is 5.69 Å². The van der Waals surface area contributed by atoms with Crippen LogP contribution >= 0.6 is 0 Å². The number of aliphatic hydroxyl groups is 1. The van der Waals surface area contributed by atoms with Crippen molar-refractivity contribution in [2.45, 2.75) is 27.3 Å². The van der Waals surface area contributed by atoms with Gasteiger partial charge in [-0.25, -0.2) is 4.90 Å². The second-order valence-corrected chi connectivity index (χ2v) is 8.86. The van der Waals surface area contributed by atoms with Gasteiger partial charge in [-0.2, -0.15) is 0 Å². The van der Waals surface area contributed by atoms with Crippen LogP contribution < -0.4 is 9.64 Å². The quantitative estimate of drug-likeness (QED) is 0.380. The first-order valence-electron chi connectivity index (χ1n) is 11.5. The minimum Gasteiger partial charge on any atom is -0.502 e. The summed E-state index contributed by atoms with van der Waals surface area (Å²) < 4.78 is 7.90. The van der Waals surface area contributed by atoms with Crippen molar-refractivity contribution in [2.24, 2.45) is 5.92 Å². The Balaban J connectivity index is 1.51. The van der Waals surface area contributed by atoms with Crippen LogP contribution in [0.2, 0.25) is 0 Å². The van der Waals surface area contributed by atoms with E-state index in [1.807, 2.05) is 30.3 Å². The van der Waals surface area contributed by atoms with Crippen LogP contribution in [0.15, 0.2) is 72.5 Å². The number of benzene rings is 3. The van der Waals surface area contributed by atoms with Crippen molar-refractivity contribution in [3.05, 3.63) is 78.1 Å². The van der Waals surface area contributed by atoms with Gasteiger partial charge in [-0.05, 0) is 54.8 Å². The number of aryl methyl sites for hydroxylation is 1. The van der Waals surface area contributed by atoms with Crippen LogP contribution in [0, 0.1) is 5.92 Å². The van der Waals surface area contributed by atoms with Crippen molar-refractivity contribution in [2.75, 3.05) is 11.5 Å². The number of hydrogen-bond acceptors (Lipinski definition) is 4. The molecule has 172 valence electrons. The van der Waals surface area contributed by atoms with E-state index in [1.165, 1.54) is 0 Å². The molecular weight excluding hydrogens is 428 g/mol. The molecule has 0 fully saturated rings. The third-order valence-corrected chi connectivity index (χ3v) is 6.12. The Kier molecular flexibility index (Phi) is 5.36. The number of ether oxygens (including phenoxy) is 1. The van der Waals surface area contributed by atoms with Gasteiger partial charge in [0.1, 0.15) is 5.75 Å². The van der Waals surface area contributed by atoms with E-state index in [0.717, 1.165) is 33.3 Å². The summed E-state index contributed by atoms with van der Waals surface area (Å²) in [5.41, 5.74) is 3.02. The van der Waals surface area contributed by atoms with Crippen molar-refractivity contribution in [3.8, 4) is 5.75 Å². The summed E-state index contributed by atoms with van der Waals surface area (Å²) in [6, 6.07) is 20.4. The number of para-hydroxylation sites is 1. The van der Waals surface area contributed by atoms with Crippen LogP contribution in [0.5, 0.6) is 5.75 Å². The molecule has 2 heterocycles. The summed E-state index contributed by atoms with van der Waals surface area (Å²) in [6.45, 7) is 7.59. The topological polar surface area (TPSA) is 71.8 Å². The van der Waals surface area contributed by atoms with E-state index < -0.39 is 17.6 Å². The molecule has 1 N–H and O–H groups in total. The van der Waals surface area contributed by atoms with Gasteiger partial charge in [-0.1, -0.05) is 44.2 Å². The van der Waals surface area contributed by atoms with Gasteiger partial charge in [0.05, 0.1) is 17.9 Å². The van der Waals surface area contributed by atoms with Crippen molar-refractivity contribution in [1.29, 1.82) is 0 Å². The predicted octanol–water partition coefficient (Wildman–Crippen LogP) is 5.69. The molecule has 34 heavy (non-hydrogen) atoms. The normalized spacial score (nSPS) is 14.3. The number of anilines is 1. The molecule has 0 atom stereocenters. The number of aromatic nitrogens is 1. The summed E-state index contributed by atoms with van der Waals surface area (Å²) >= 11 is 0. The molecule has 6 heteroatoms. The third kappa shape index (κ3) is 3.43. The van der Waals surface area contributed by atoms with Gasteiger partial charge >= 0.3 is 5.91 Å². The molecule has 2 amide bonds. The van der Waals surface area contributed by atoms with Crippen LogP contribution in [0.25, 0.3) is 27.4 Å². The summed E-state index contributed by atoms with van der Waals surface area (Å²) in [6.07, 6.45) is 0. The standard InChI is InChI=1S/C28H26N2O4/c1-4-29-23-8-6-5-7-21(23)22-15-19(11-14-24(22)29)30-27(32)25(26(31)28(30)33)18-9-12-20(13-10-18)34-16-17(2)3/h5-15,17,31H,4,16H2,1-3H3. The monoisotopic (exact) mass is 454 g/mol. The fourth-order valence-corrected chi connectivity index (χ4v) is 4.52. The molecule has 0 saturated carbocycles. The molecule has 1 aliphatic heterocycles. The van der Waals surface area contributed by atoms with E-state index in [0.29, 0.717) is 29.5 Å². The first kappa shape index (κ1) is 21.8. The molecule has 3 aromatic carbocycles. The molecule has 6 nitrogen and oxygen atoms in total. The molecule has 5 rings (SSSR count). The van der Waals surface area contributed by atoms with E-state index in [1.54, 1.807) is 30.3 Å². The number of aliphatic hydroxyl groups excluding tert-OH is 1. The molecular formula is C28H26N2O4. The zero-order valence-corrected chi connectivity index (χ0v) is 19.4. The van der Waals surface area contributed by atoms with E-state index >= 15 is 0 Å². The number of rotatable bonds is 6. The van der Waals surface area contributed by atoms with Crippen molar-refractivity contribution in [1.82, 2.24) is 4.57 Å². The van der Waals surface area contributed by atoms with Crippen molar-refractivity contribution < 1.29 is 19.4 Å². The smallest absolute Gasteiger partial charge is 0.301 e. The third-order valence-electron chi connectivity index (χ3n) is 6.12. The van der Waals surface area contributed by atoms with Gasteiger partial charge < -0.3 is 14.4 Å². The molecule has 0 bridgehead atoms. The Morgan fingerprint density at radius 3 is 2.29 bits per heavy atom. The van der Waals surface area contributed by atoms with E-state index in [9.17, 15) is 14.7 Å². The maximum Gasteiger partial charge on any atom is 0.301 e. The Bertz CT molecular complexity index is 1460. The van der Waals surface area contributed by atoms with Crippen LogP contribution in [-0.4, -0.2) is 28.1 Å². The van der Waals surface area contributed by atoms with Gasteiger partial charge in [0.2, 0.25) is 0 Å². The summed E-state index contributed by atoms with van der Waals surface area (Å²) in [5, 5.41) is 12.6. The van der Waals surface area contributed by atoms with Crippen LogP contribution in [-0.2, 0) is 16.1 Å². The van der Waals surface area contributed by atoms with Crippen LogP contribution in [0.3, 0.4) is 0 Å².